The van der Waals surface area contributed by atoms with Crippen molar-refractivity contribution in [3.63, 3.8) is 0 Å². The van der Waals surface area contributed by atoms with Crippen LogP contribution in [0.3, 0.4) is 0 Å². The number of aryl methyl sites for hydroxylation is 2. The molecule has 0 bridgehead atoms. The van der Waals surface area contributed by atoms with E-state index in [2.05, 4.69) is 19.2 Å². The number of rotatable bonds is 5. The Morgan fingerprint density at radius 2 is 1.92 bits per heavy atom. The van der Waals surface area contributed by atoms with Crippen LogP contribution in [0.4, 0.5) is 5.69 Å². The average molecular weight is 357 g/mol. The van der Waals surface area contributed by atoms with Gasteiger partial charge in [-0.15, -0.1) is 11.3 Å². The van der Waals surface area contributed by atoms with Crippen LogP contribution in [-0.4, -0.2) is 18.0 Å². The van der Waals surface area contributed by atoms with E-state index in [-0.39, 0.29) is 5.91 Å². The lowest BCUT2D eigenvalue weighted by molar-refractivity contribution is -0.123. The molecule has 0 spiro atoms. The lowest BCUT2D eigenvalue weighted by atomic mass is 10.0. The van der Waals surface area contributed by atoms with E-state index in [9.17, 15) is 9.59 Å². The van der Waals surface area contributed by atoms with E-state index < -0.39 is 12.1 Å². The van der Waals surface area contributed by atoms with Crippen molar-refractivity contribution in [1.29, 1.82) is 0 Å². The molecule has 0 saturated heterocycles. The number of para-hydroxylation sites is 1. The Bertz CT molecular complexity index is 772. The highest BCUT2D eigenvalue weighted by atomic mass is 32.1. The molecule has 25 heavy (non-hydrogen) atoms. The van der Waals surface area contributed by atoms with Crippen molar-refractivity contribution in [1.82, 2.24) is 0 Å². The van der Waals surface area contributed by atoms with Gasteiger partial charge in [0.15, 0.2) is 6.10 Å². The van der Waals surface area contributed by atoms with E-state index in [0.717, 1.165) is 30.5 Å². The van der Waals surface area contributed by atoms with Crippen molar-refractivity contribution in [2.45, 2.75) is 52.1 Å². The normalized spacial score (nSPS) is 14.2. The Morgan fingerprint density at radius 3 is 2.64 bits per heavy atom. The molecule has 1 aliphatic rings. The van der Waals surface area contributed by atoms with Gasteiger partial charge in [-0.3, -0.25) is 4.79 Å². The zero-order valence-corrected chi connectivity index (χ0v) is 15.6. The number of esters is 1. The van der Waals surface area contributed by atoms with Crippen LogP contribution in [0.25, 0.3) is 0 Å². The fraction of sp³-hybridized carbons (Fsp3) is 0.400. The third-order valence-electron chi connectivity index (χ3n) is 4.44. The molecule has 0 unspecified atom stereocenters. The summed E-state index contributed by atoms with van der Waals surface area (Å²) in [6, 6.07) is 9.60. The molecule has 1 atom stereocenters. The molecule has 1 aromatic heterocycles. The highest BCUT2D eigenvalue weighted by Crippen LogP contribution is 2.31. The number of fused-ring (bicyclic) bond motifs is 1. The van der Waals surface area contributed by atoms with Gasteiger partial charge in [0.1, 0.15) is 4.88 Å². The maximum Gasteiger partial charge on any atom is 0.349 e. The third-order valence-corrected chi connectivity index (χ3v) is 5.66. The van der Waals surface area contributed by atoms with Crippen molar-refractivity contribution in [2.75, 3.05) is 5.32 Å². The summed E-state index contributed by atoms with van der Waals surface area (Å²) in [5, 5.41) is 2.87. The lowest BCUT2D eigenvalue weighted by Crippen LogP contribution is -2.30. The number of carbonyl (C=O) groups is 2. The van der Waals surface area contributed by atoms with Crippen LogP contribution in [0.2, 0.25) is 0 Å². The van der Waals surface area contributed by atoms with Crippen LogP contribution in [0.1, 0.15) is 58.8 Å². The molecule has 2 aromatic rings. The van der Waals surface area contributed by atoms with Crippen molar-refractivity contribution < 1.29 is 14.3 Å². The van der Waals surface area contributed by atoms with Crippen LogP contribution >= 0.6 is 11.3 Å². The number of amides is 1. The Kier molecular flexibility index (Phi) is 5.23. The van der Waals surface area contributed by atoms with Crippen LogP contribution in [0.15, 0.2) is 30.3 Å². The Labute approximate surface area is 152 Å². The molecular formula is C20H23NO3S. The molecule has 3 rings (SSSR count). The van der Waals surface area contributed by atoms with Gasteiger partial charge in [0.05, 0.1) is 0 Å². The first-order valence-corrected chi connectivity index (χ1v) is 9.49. The van der Waals surface area contributed by atoms with E-state index in [1.54, 1.807) is 6.92 Å². The minimum Gasteiger partial charge on any atom is -0.448 e. The summed E-state index contributed by atoms with van der Waals surface area (Å²) in [5.41, 5.74) is 3.07. The first kappa shape index (κ1) is 17.7. The SMILES string of the molecule is CC(C)c1ccccc1NC(=O)[C@@H](C)OC(=O)c1cc2c(s1)CCC2. The Morgan fingerprint density at radius 1 is 1.16 bits per heavy atom. The highest BCUT2D eigenvalue weighted by Gasteiger charge is 2.23. The summed E-state index contributed by atoms with van der Waals surface area (Å²) >= 11 is 1.49. The molecule has 0 aliphatic heterocycles. The Balaban J connectivity index is 1.63. The number of anilines is 1. The molecule has 5 heteroatoms. The van der Waals surface area contributed by atoms with Gasteiger partial charge >= 0.3 is 5.97 Å². The number of hydrogen-bond donors (Lipinski definition) is 1. The molecular weight excluding hydrogens is 334 g/mol. The largest absolute Gasteiger partial charge is 0.448 e. The predicted octanol–water partition coefficient (Wildman–Crippen LogP) is 4.54. The highest BCUT2D eigenvalue weighted by molar-refractivity contribution is 7.14. The fourth-order valence-corrected chi connectivity index (χ4v) is 4.19. The summed E-state index contributed by atoms with van der Waals surface area (Å²) in [5.74, 6) is -0.437. The minimum atomic E-state index is -0.843. The molecule has 1 N–H and O–H groups in total. The quantitative estimate of drug-likeness (QED) is 0.799. The van der Waals surface area contributed by atoms with Gasteiger partial charge in [0.25, 0.3) is 5.91 Å². The lowest BCUT2D eigenvalue weighted by Gasteiger charge is -2.16. The van der Waals surface area contributed by atoms with Gasteiger partial charge < -0.3 is 10.1 Å². The molecule has 4 nitrogen and oxygen atoms in total. The summed E-state index contributed by atoms with van der Waals surface area (Å²) in [4.78, 5) is 26.6. The number of carbonyl (C=O) groups excluding carboxylic acids is 2. The fourth-order valence-electron chi connectivity index (χ4n) is 3.05. The van der Waals surface area contributed by atoms with Gasteiger partial charge in [-0.25, -0.2) is 4.79 Å². The number of nitrogens with one attached hydrogen (secondary N) is 1. The maximum atomic E-state index is 12.4. The maximum absolute atomic E-state index is 12.4. The smallest absolute Gasteiger partial charge is 0.349 e. The second-order valence-electron chi connectivity index (χ2n) is 6.69. The summed E-state index contributed by atoms with van der Waals surface area (Å²) in [6.07, 6.45) is 2.38. The van der Waals surface area contributed by atoms with Gasteiger partial charge in [-0.1, -0.05) is 32.0 Å². The van der Waals surface area contributed by atoms with Gasteiger partial charge in [-0.05, 0) is 55.4 Å². The van der Waals surface area contributed by atoms with Gasteiger partial charge in [-0.2, -0.15) is 0 Å². The zero-order chi connectivity index (χ0) is 18.0. The second-order valence-corrected chi connectivity index (χ2v) is 7.83. The number of ether oxygens (including phenoxy) is 1. The van der Waals surface area contributed by atoms with Gasteiger partial charge in [0, 0.05) is 10.6 Å². The average Bonchev–Trinajstić information content (AvgIpc) is 3.16. The molecule has 1 amide bonds. The minimum absolute atomic E-state index is 0.294. The first-order chi connectivity index (χ1) is 12.0. The van der Waals surface area contributed by atoms with Crippen molar-refractivity contribution >= 4 is 28.9 Å². The van der Waals surface area contributed by atoms with Crippen molar-refractivity contribution in [2.24, 2.45) is 0 Å². The van der Waals surface area contributed by atoms with Crippen LogP contribution in [-0.2, 0) is 22.4 Å². The van der Waals surface area contributed by atoms with Gasteiger partial charge in [0.2, 0.25) is 0 Å². The summed E-state index contributed by atoms with van der Waals surface area (Å²) < 4.78 is 5.37. The molecule has 0 fully saturated rings. The molecule has 0 radical (unpaired) electrons. The van der Waals surface area contributed by atoms with E-state index in [1.165, 1.54) is 21.8 Å². The van der Waals surface area contributed by atoms with Crippen molar-refractivity contribution in [3.05, 3.63) is 51.2 Å². The number of thiophene rings is 1. The number of benzene rings is 1. The van der Waals surface area contributed by atoms with E-state index in [1.807, 2.05) is 30.3 Å². The third kappa shape index (κ3) is 3.93. The molecule has 1 aliphatic carbocycles. The van der Waals surface area contributed by atoms with Crippen LogP contribution < -0.4 is 5.32 Å². The van der Waals surface area contributed by atoms with E-state index in [0.29, 0.717) is 10.8 Å². The van der Waals surface area contributed by atoms with E-state index >= 15 is 0 Å². The first-order valence-electron chi connectivity index (χ1n) is 8.68. The van der Waals surface area contributed by atoms with E-state index in [4.69, 9.17) is 4.74 Å². The number of hydrogen-bond acceptors (Lipinski definition) is 4. The molecule has 1 heterocycles. The topological polar surface area (TPSA) is 55.4 Å². The predicted molar refractivity (Wildman–Crippen MR) is 100 cm³/mol. The summed E-state index contributed by atoms with van der Waals surface area (Å²) in [6.45, 7) is 5.75. The zero-order valence-electron chi connectivity index (χ0n) is 14.8. The second kappa shape index (κ2) is 7.40. The van der Waals surface area contributed by atoms with Crippen LogP contribution in [0.5, 0.6) is 0 Å². The molecule has 0 saturated carbocycles. The summed E-state index contributed by atoms with van der Waals surface area (Å²) in [7, 11) is 0. The monoisotopic (exact) mass is 357 g/mol. The van der Waals surface area contributed by atoms with Crippen LogP contribution in [0, 0.1) is 0 Å². The van der Waals surface area contributed by atoms with Crippen molar-refractivity contribution in [3.8, 4) is 0 Å². The molecule has 132 valence electrons. The Hall–Kier alpha value is -2.14. The standard InChI is InChI=1S/C20H23NO3S/c1-12(2)15-8-4-5-9-16(15)21-19(22)13(3)24-20(23)18-11-14-7-6-10-17(14)25-18/h4-5,8-9,11-13H,6-7,10H2,1-3H3,(H,21,22)/t13-/m1/s1. The molecule has 1 aromatic carbocycles.